The van der Waals surface area contributed by atoms with Crippen molar-refractivity contribution in [1.82, 2.24) is 9.78 Å². The van der Waals surface area contributed by atoms with Crippen LogP contribution >= 0.6 is 23.5 Å². The van der Waals surface area contributed by atoms with Gasteiger partial charge in [-0.15, -0.1) is 23.5 Å². The molecule has 1 aromatic heterocycles. The molecule has 2 heterocycles. The van der Waals surface area contributed by atoms with Gasteiger partial charge in [0.15, 0.2) is 0 Å². The lowest BCUT2D eigenvalue weighted by Crippen LogP contribution is -2.49. The highest BCUT2D eigenvalue weighted by molar-refractivity contribution is 8.18. The third-order valence-corrected chi connectivity index (χ3v) is 10.2. The van der Waals surface area contributed by atoms with Gasteiger partial charge in [-0.1, -0.05) is 12.5 Å². The van der Waals surface area contributed by atoms with E-state index in [4.69, 9.17) is 0 Å². The first-order valence-corrected chi connectivity index (χ1v) is 11.4. The monoisotopic (exact) mass is 386 g/mol. The van der Waals surface area contributed by atoms with Crippen LogP contribution in [0.1, 0.15) is 43.9 Å². The Labute approximate surface area is 162 Å². The van der Waals surface area contributed by atoms with Gasteiger partial charge in [-0.05, 0) is 79.5 Å². The van der Waals surface area contributed by atoms with Crippen LogP contribution in [-0.2, 0) is 6.42 Å². The first kappa shape index (κ1) is 16.9. The van der Waals surface area contributed by atoms with Crippen LogP contribution in [0.3, 0.4) is 0 Å². The smallest absolute Gasteiger partial charge is 0.123 e. The number of nitrogens with zero attached hydrogens (tertiary/aromatic N) is 2. The number of halogens is 1. The van der Waals surface area contributed by atoms with Crippen LogP contribution in [0.25, 0.3) is 11.8 Å². The summed E-state index contributed by atoms with van der Waals surface area (Å²) >= 11 is 4.41. The second kappa shape index (κ2) is 6.16. The first-order valence-electron chi connectivity index (χ1n) is 9.43. The summed E-state index contributed by atoms with van der Waals surface area (Å²) in [5.41, 5.74) is 5.24. The van der Waals surface area contributed by atoms with Gasteiger partial charge in [0.05, 0.1) is 21.7 Å². The Morgan fingerprint density at radius 1 is 1.12 bits per heavy atom. The zero-order valence-corrected chi connectivity index (χ0v) is 16.6. The summed E-state index contributed by atoms with van der Waals surface area (Å²) in [5.74, 6) is 2.37. The van der Waals surface area contributed by atoms with E-state index in [0.29, 0.717) is 4.08 Å². The van der Waals surface area contributed by atoms with Crippen LogP contribution in [-0.4, -0.2) is 25.4 Å². The number of benzene rings is 1. The molecule has 0 N–H and O–H groups in total. The Bertz CT molecular complexity index is 859. The molecule has 1 aromatic carbocycles. The van der Waals surface area contributed by atoms with Crippen molar-refractivity contribution in [2.24, 2.45) is 5.41 Å². The van der Waals surface area contributed by atoms with E-state index in [1.807, 2.05) is 23.0 Å². The van der Waals surface area contributed by atoms with Gasteiger partial charge in [-0.3, -0.25) is 0 Å². The average molecular weight is 387 g/mol. The van der Waals surface area contributed by atoms with E-state index in [0.717, 1.165) is 12.1 Å². The van der Waals surface area contributed by atoms with E-state index in [9.17, 15) is 4.39 Å². The highest BCUT2D eigenvalue weighted by Crippen LogP contribution is 2.64. The number of allylic oxidation sites excluding steroid dienone is 1. The summed E-state index contributed by atoms with van der Waals surface area (Å²) in [5, 5.41) is 4.66. The minimum atomic E-state index is -0.207. The minimum Gasteiger partial charge on any atom is -0.233 e. The van der Waals surface area contributed by atoms with Gasteiger partial charge in [0.2, 0.25) is 0 Å². The summed E-state index contributed by atoms with van der Waals surface area (Å²) in [4.78, 5) is 0. The molecule has 0 amide bonds. The second-order valence-electron chi connectivity index (χ2n) is 7.78. The molecule has 0 radical (unpaired) electrons. The molecule has 5 rings (SSSR count). The number of fused-ring (bicyclic) bond motifs is 3. The third kappa shape index (κ3) is 2.43. The Hall–Kier alpha value is -1.20. The quantitative estimate of drug-likeness (QED) is 0.625. The van der Waals surface area contributed by atoms with Gasteiger partial charge in [0, 0.05) is 5.41 Å². The Balaban J connectivity index is 1.58. The largest absolute Gasteiger partial charge is 0.233 e. The second-order valence-corrected chi connectivity index (χ2v) is 10.8. The zero-order valence-electron chi connectivity index (χ0n) is 15.0. The molecule has 3 aliphatic rings. The number of rotatable bonds is 1. The lowest BCUT2D eigenvalue weighted by Gasteiger charge is -2.55. The maximum atomic E-state index is 13.3. The number of hydrogen-bond donors (Lipinski definition) is 0. The normalized spacial score (nSPS) is 26.9. The van der Waals surface area contributed by atoms with Crippen molar-refractivity contribution in [3.63, 3.8) is 0 Å². The predicted octanol–water partition coefficient (Wildman–Crippen LogP) is 5.71. The molecule has 136 valence electrons. The molecule has 1 saturated heterocycles. The highest BCUT2D eigenvalue weighted by atomic mass is 32.2. The van der Waals surface area contributed by atoms with E-state index >= 15 is 0 Å². The fourth-order valence-corrected chi connectivity index (χ4v) is 8.71. The lowest BCUT2D eigenvalue weighted by atomic mass is 9.65. The van der Waals surface area contributed by atoms with E-state index in [1.165, 1.54) is 60.6 Å². The van der Waals surface area contributed by atoms with Gasteiger partial charge < -0.3 is 0 Å². The summed E-state index contributed by atoms with van der Waals surface area (Å²) in [6.07, 6.45) is 10.6. The first-order chi connectivity index (χ1) is 12.6. The van der Waals surface area contributed by atoms with Gasteiger partial charge >= 0.3 is 0 Å². The molecule has 1 atom stereocenters. The molecule has 2 aromatic rings. The molecule has 1 spiro atoms. The Kier molecular flexibility index (Phi) is 4.02. The molecular formula is C21H23FN2S2. The van der Waals surface area contributed by atoms with E-state index < -0.39 is 0 Å². The molecule has 26 heavy (non-hydrogen) atoms. The van der Waals surface area contributed by atoms with Crippen LogP contribution in [0.4, 0.5) is 4.39 Å². The molecule has 5 heteroatoms. The van der Waals surface area contributed by atoms with Crippen molar-refractivity contribution in [2.75, 3.05) is 11.5 Å². The standard InChI is InChI=1S/C21H23FN2S2/c1-20-13-15-14-23-24(18-7-5-17(22)6-8-18)19(15)12-16(20)4-2-9-21(20)25-10-3-11-26-21/h5-8,12,14H,2-4,9-11,13H2,1H3. The molecule has 2 nitrogen and oxygen atoms in total. The van der Waals surface area contributed by atoms with Crippen LogP contribution in [0, 0.1) is 11.2 Å². The molecule has 1 unspecified atom stereocenters. The summed E-state index contributed by atoms with van der Waals surface area (Å²) < 4.78 is 15.6. The average Bonchev–Trinajstić information content (AvgIpc) is 3.05. The number of thioether (sulfide) groups is 2. The van der Waals surface area contributed by atoms with Crippen LogP contribution in [0.2, 0.25) is 0 Å². The number of hydrogen-bond acceptors (Lipinski definition) is 3. The fourth-order valence-electron chi connectivity index (χ4n) is 4.84. The van der Waals surface area contributed by atoms with E-state index in [1.54, 1.807) is 5.57 Å². The Morgan fingerprint density at radius 2 is 1.88 bits per heavy atom. The zero-order chi connectivity index (χ0) is 17.8. The maximum Gasteiger partial charge on any atom is 0.123 e. The fraction of sp³-hybridized carbons (Fsp3) is 0.476. The van der Waals surface area contributed by atoms with Crippen LogP contribution in [0.15, 0.2) is 36.0 Å². The van der Waals surface area contributed by atoms with Gasteiger partial charge in [0.1, 0.15) is 5.82 Å². The predicted molar refractivity (Wildman–Crippen MR) is 109 cm³/mol. The molecule has 1 aliphatic heterocycles. The SMILES string of the molecule is CC12Cc3cnn(-c4ccc(F)cc4)c3C=C1CCCC21SCCCS1. The number of aromatic nitrogens is 2. The van der Waals surface area contributed by atoms with E-state index in [2.05, 4.69) is 41.6 Å². The van der Waals surface area contributed by atoms with Crippen molar-refractivity contribution in [3.05, 3.63) is 53.1 Å². The van der Waals surface area contributed by atoms with Crippen molar-refractivity contribution in [1.29, 1.82) is 0 Å². The van der Waals surface area contributed by atoms with Crippen molar-refractivity contribution in [2.45, 2.75) is 43.1 Å². The van der Waals surface area contributed by atoms with Gasteiger partial charge in [-0.25, -0.2) is 9.07 Å². The van der Waals surface area contributed by atoms with Crippen LogP contribution in [0.5, 0.6) is 0 Å². The summed E-state index contributed by atoms with van der Waals surface area (Å²) in [6, 6.07) is 6.64. The lowest BCUT2D eigenvalue weighted by molar-refractivity contribution is 0.288. The van der Waals surface area contributed by atoms with Crippen molar-refractivity contribution >= 4 is 29.6 Å². The summed E-state index contributed by atoms with van der Waals surface area (Å²) in [6.45, 7) is 2.49. The molecule has 2 aliphatic carbocycles. The molecule has 1 saturated carbocycles. The Morgan fingerprint density at radius 3 is 2.65 bits per heavy atom. The minimum absolute atomic E-state index is 0.207. The van der Waals surface area contributed by atoms with Crippen LogP contribution < -0.4 is 0 Å². The molecule has 2 fully saturated rings. The highest BCUT2D eigenvalue weighted by Gasteiger charge is 2.55. The van der Waals surface area contributed by atoms with Gasteiger partial charge in [0.25, 0.3) is 0 Å². The molecular weight excluding hydrogens is 363 g/mol. The van der Waals surface area contributed by atoms with Crippen molar-refractivity contribution < 1.29 is 4.39 Å². The third-order valence-electron chi connectivity index (χ3n) is 6.27. The van der Waals surface area contributed by atoms with E-state index in [-0.39, 0.29) is 11.2 Å². The van der Waals surface area contributed by atoms with Crippen molar-refractivity contribution in [3.8, 4) is 5.69 Å². The van der Waals surface area contributed by atoms with Gasteiger partial charge in [-0.2, -0.15) is 5.10 Å². The topological polar surface area (TPSA) is 17.8 Å². The summed E-state index contributed by atoms with van der Waals surface area (Å²) in [7, 11) is 0. The molecule has 0 bridgehead atoms. The maximum absolute atomic E-state index is 13.3.